The van der Waals surface area contributed by atoms with Gasteiger partial charge in [-0.2, -0.15) is 10.2 Å². The standard InChI is InChI=1S/C29H39N7O2S/c1-5-39-25-19(7-6-8-31-25)15-32-26-33-16-22(14-30)24(36-26)34-17-29-11-18-9-20(12-29)23(21(10-18)13-29)35-27(37)38-28(2,3)4/h6-8,16,18,20-21,23H,5,9-13,15,17H2,1-4H3,(H,35,37)(H2,32,33,34,36)/t18?,20-,21+,23-,29+. The molecule has 6 rings (SSSR count). The van der Waals surface area contributed by atoms with Gasteiger partial charge in [0.1, 0.15) is 28.1 Å². The van der Waals surface area contributed by atoms with Crippen molar-refractivity contribution in [3.8, 4) is 6.07 Å². The minimum absolute atomic E-state index is 0.149. The number of carbonyl (C=O) groups is 1. The van der Waals surface area contributed by atoms with E-state index in [9.17, 15) is 10.1 Å². The summed E-state index contributed by atoms with van der Waals surface area (Å²) in [6, 6.07) is 6.40. The summed E-state index contributed by atoms with van der Waals surface area (Å²) < 4.78 is 5.56. The molecule has 4 aliphatic rings. The number of anilines is 2. The number of thioether (sulfide) groups is 1. The average Bonchev–Trinajstić information content (AvgIpc) is 2.88. The fourth-order valence-electron chi connectivity index (χ4n) is 7.04. The summed E-state index contributed by atoms with van der Waals surface area (Å²) in [4.78, 5) is 26.1. The third kappa shape index (κ3) is 6.40. The lowest BCUT2D eigenvalue weighted by molar-refractivity contribution is -0.0703. The minimum atomic E-state index is -0.500. The molecule has 0 aromatic carbocycles. The first-order chi connectivity index (χ1) is 18.7. The molecular weight excluding hydrogens is 510 g/mol. The van der Waals surface area contributed by atoms with Crippen molar-refractivity contribution in [2.24, 2.45) is 23.2 Å². The normalized spacial score (nSPS) is 27.1. The molecule has 1 unspecified atom stereocenters. The van der Waals surface area contributed by atoms with E-state index in [0.717, 1.165) is 48.6 Å². The lowest BCUT2D eigenvalue weighted by Gasteiger charge is -2.60. The van der Waals surface area contributed by atoms with Crippen molar-refractivity contribution in [1.82, 2.24) is 20.3 Å². The highest BCUT2D eigenvalue weighted by Crippen LogP contribution is 2.60. The second-order valence-corrected chi connectivity index (χ2v) is 13.6. The molecule has 0 spiro atoms. The van der Waals surface area contributed by atoms with Crippen molar-refractivity contribution < 1.29 is 9.53 Å². The van der Waals surface area contributed by atoms with Crippen LogP contribution in [0.2, 0.25) is 0 Å². The first-order valence-electron chi connectivity index (χ1n) is 14.0. The predicted molar refractivity (Wildman–Crippen MR) is 152 cm³/mol. The average molecular weight is 550 g/mol. The van der Waals surface area contributed by atoms with E-state index in [1.165, 1.54) is 6.42 Å². The van der Waals surface area contributed by atoms with Crippen LogP contribution >= 0.6 is 11.8 Å². The van der Waals surface area contributed by atoms with Gasteiger partial charge in [-0.1, -0.05) is 13.0 Å². The summed E-state index contributed by atoms with van der Waals surface area (Å²) in [5, 5.41) is 20.8. The Labute approximate surface area is 235 Å². The van der Waals surface area contributed by atoms with Gasteiger partial charge in [0.15, 0.2) is 0 Å². The van der Waals surface area contributed by atoms with Crippen molar-refractivity contribution in [2.45, 2.75) is 83.0 Å². The van der Waals surface area contributed by atoms with Crippen molar-refractivity contribution in [2.75, 3.05) is 22.9 Å². The molecule has 4 saturated carbocycles. The monoisotopic (exact) mass is 549 g/mol. The molecule has 2 aromatic rings. The van der Waals surface area contributed by atoms with Crippen molar-refractivity contribution in [3.05, 3.63) is 35.7 Å². The summed E-state index contributed by atoms with van der Waals surface area (Å²) in [6.07, 6.45) is 8.72. The quantitative estimate of drug-likeness (QED) is 0.343. The zero-order chi connectivity index (χ0) is 27.6. The van der Waals surface area contributed by atoms with Gasteiger partial charge in [-0.15, -0.1) is 11.8 Å². The van der Waals surface area contributed by atoms with Gasteiger partial charge >= 0.3 is 6.09 Å². The highest BCUT2D eigenvalue weighted by molar-refractivity contribution is 7.99. The molecule has 0 aliphatic heterocycles. The van der Waals surface area contributed by atoms with Crippen LogP contribution in [-0.4, -0.2) is 45.0 Å². The summed E-state index contributed by atoms with van der Waals surface area (Å²) in [5.41, 5.74) is 1.18. The number of carbonyl (C=O) groups excluding carboxylic acids is 1. The Hall–Kier alpha value is -3.06. The van der Waals surface area contributed by atoms with Gasteiger partial charge in [0.05, 0.1) is 6.20 Å². The second kappa shape index (κ2) is 11.2. The molecule has 10 heteroatoms. The van der Waals surface area contributed by atoms with Crippen LogP contribution in [0.25, 0.3) is 0 Å². The first kappa shape index (κ1) is 27.5. The van der Waals surface area contributed by atoms with Crippen LogP contribution in [-0.2, 0) is 11.3 Å². The maximum atomic E-state index is 12.5. The maximum Gasteiger partial charge on any atom is 0.407 e. The van der Waals surface area contributed by atoms with Crippen LogP contribution in [0.4, 0.5) is 16.6 Å². The Morgan fingerprint density at radius 2 is 1.97 bits per heavy atom. The van der Waals surface area contributed by atoms with Gasteiger partial charge < -0.3 is 20.7 Å². The third-order valence-electron chi connectivity index (χ3n) is 8.19. The molecule has 3 N–H and O–H groups in total. The van der Waals surface area contributed by atoms with E-state index >= 15 is 0 Å². The number of rotatable bonds is 9. The molecule has 0 radical (unpaired) electrons. The molecule has 4 aliphatic carbocycles. The largest absolute Gasteiger partial charge is 0.444 e. The topological polar surface area (TPSA) is 125 Å². The third-order valence-corrected chi connectivity index (χ3v) is 9.12. The number of hydrogen-bond acceptors (Lipinski definition) is 9. The van der Waals surface area contributed by atoms with Gasteiger partial charge in [0.2, 0.25) is 5.95 Å². The van der Waals surface area contributed by atoms with Gasteiger partial charge in [0, 0.05) is 30.9 Å². The van der Waals surface area contributed by atoms with E-state index in [1.54, 1.807) is 18.0 Å². The van der Waals surface area contributed by atoms with Crippen molar-refractivity contribution in [1.29, 1.82) is 5.26 Å². The first-order valence-corrected chi connectivity index (χ1v) is 15.0. The number of alkyl carbamates (subject to hydrolysis) is 1. The van der Waals surface area contributed by atoms with E-state index in [-0.39, 0.29) is 17.6 Å². The smallest absolute Gasteiger partial charge is 0.407 e. The fourth-order valence-corrected chi connectivity index (χ4v) is 7.78. The molecule has 2 aromatic heterocycles. The number of nitrogens with one attached hydrogen (secondary N) is 3. The Morgan fingerprint density at radius 1 is 1.21 bits per heavy atom. The lowest BCUT2D eigenvalue weighted by atomic mass is 9.48. The minimum Gasteiger partial charge on any atom is -0.444 e. The molecule has 9 nitrogen and oxygen atoms in total. The predicted octanol–water partition coefficient (Wildman–Crippen LogP) is 5.60. The summed E-state index contributed by atoms with van der Waals surface area (Å²) in [5.74, 6) is 3.61. The number of aromatic nitrogens is 3. The number of hydrogen-bond donors (Lipinski definition) is 3. The molecule has 1 amide bonds. The highest BCUT2D eigenvalue weighted by Gasteiger charge is 2.55. The highest BCUT2D eigenvalue weighted by atomic mass is 32.2. The number of ether oxygens (including phenoxy) is 1. The van der Waals surface area contributed by atoms with Gasteiger partial charge in [-0.25, -0.2) is 14.8 Å². The Morgan fingerprint density at radius 3 is 2.67 bits per heavy atom. The van der Waals surface area contributed by atoms with E-state index in [1.807, 2.05) is 33.0 Å². The van der Waals surface area contributed by atoms with Gasteiger partial charge in [0.25, 0.3) is 0 Å². The molecule has 0 saturated heterocycles. The van der Waals surface area contributed by atoms with Crippen LogP contribution in [0.15, 0.2) is 29.6 Å². The lowest BCUT2D eigenvalue weighted by Crippen LogP contribution is -2.60. The Kier molecular flexibility index (Phi) is 7.90. The van der Waals surface area contributed by atoms with Crippen LogP contribution in [0.5, 0.6) is 0 Å². The van der Waals surface area contributed by atoms with E-state index in [4.69, 9.17) is 4.74 Å². The maximum absolute atomic E-state index is 12.5. The molecule has 2 heterocycles. The molecule has 39 heavy (non-hydrogen) atoms. The molecule has 4 fully saturated rings. The molecular formula is C29H39N7O2S. The summed E-state index contributed by atoms with van der Waals surface area (Å²) in [7, 11) is 0. The van der Waals surface area contributed by atoms with E-state index < -0.39 is 5.60 Å². The van der Waals surface area contributed by atoms with Crippen LogP contribution < -0.4 is 16.0 Å². The number of nitrogens with zero attached hydrogens (tertiary/aromatic N) is 4. The number of amides is 1. The Balaban J connectivity index is 1.24. The number of nitriles is 1. The van der Waals surface area contributed by atoms with Crippen molar-refractivity contribution >= 4 is 29.6 Å². The second-order valence-electron chi connectivity index (χ2n) is 12.3. The summed E-state index contributed by atoms with van der Waals surface area (Å²) in [6.45, 7) is 9.13. The number of pyridine rings is 1. The van der Waals surface area contributed by atoms with Gasteiger partial charge in [-0.05, 0) is 87.9 Å². The molecule has 5 atom stereocenters. The summed E-state index contributed by atoms with van der Waals surface area (Å²) >= 11 is 1.71. The van der Waals surface area contributed by atoms with E-state index in [0.29, 0.717) is 41.6 Å². The van der Waals surface area contributed by atoms with Crippen LogP contribution in [0.1, 0.15) is 70.9 Å². The van der Waals surface area contributed by atoms with Crippen LogP contribution in [0, 0.1) is 34.5 Å². The van der Waals surface area contributed by atoms with Crippen molar-refractivity contribution in [3.63, 3.8) is 0 Å². The van der Waals surface area contributed by atoms with Gasteiger partial charge in [-0.3, -0.25) is 0 Å². The fraction of sp³-hybridized carbons (Fsp3) is 0.621. The molecule has 4 bridgehead atoms. The molecule has 208 valence electrons. The van der Waals surface area contributed by atoms with E-state index in [2.05, 4.69) is 50.0 Å². The van der Waals surface area contributed by atoms with Crippen LogP contribution in [0.3, 0.4) is 0 Å². The zero-order valence-electron chi connectivity index (χ0n) is 23.3. The zero-order valence-corrected chi connectivity index (χ0v) is 24.1. The Bertz CT molecular complexity index is 1220. The SMILES string of the molecule is CCSc1ncccc1CNc1ncc(C#N)c(NC[C@@]23CC4C[C@H](C2)[C@@H](NC(=O)OC(C)(C)C)[C@@H](C4)C3)n1.